The number of aldehydes is 1. The number of carbonyl (C=O) groups is 1. The van der Waals surface area contributed by atoms with Crippen molar-refractivity contribution in [3.63, 3.8) is 0 Å². The normalized spacial score (nSPS) is 7.08. The van der Waals surface area contributed by atoms with E-state index in [1.165, 1.54) is 0 Å². The van der Waals surface area contributed by atoms with Crippen LogP contribution in [0, 0.1) is 0 Å². The molecule has 76 valence electrons. The number of unbranched alkanes of at least 4 members (excludes halogenated alkanes) is 3. The molecule has 0 heterocycles. The Kier molecular flexibility index (Phi) is 45.7. The van der Waals surface area contributed by atoms with E-state index in [0.29, 0.717) is 6.42 Å². The second-order valence-electron chi connectivity index (χ2n) is 1.80. The molecule has 0 spiro atoms. The molecule has 0 aromatic rings. The van der Waals surface area contributed by atoms with Gasteiger partial charge in [-0.2, -0.15) is 0 Å². The average molecular weight is 175 g/mol. The lowest BCUT2D eigenvalue weighted by Gasteiger charge is -1.90. The molecule has 0 rings (SSSR count). The molecule has 2 nitrogen and oxygen atoms in total. The number of rotatable bonds is 5. The zero-order valence-corrected chi connectivity index (χ0v) is 9.10. The van der Waals surface area contributed by atoms with Gasteiger partial charge in [-0.1, -0.05) is 34.1 Å². The fourth-order valence-electron chi connectivity index (χ4n) is 0.549. The summed E-state index contributed by atoms with van der Waals surface area (Å²) in [4.78, 5) is 9.74. The third kappa shape index (κ3) is 33.5. The molecule has 0 unspecified atom stereocenters. The Hall–Kier alpha value is -0.370. The van der Waals surface area contributed by atoms with Gasteiger partial charge < -0.3 is 10.5 Å². The van der Waals surface area contributed by atoms with Crippen molar-refractivity contribution in [2.75, 3.05) is 6.54 Å². The summed E-state index contributed by atoms with van der Waals surface area (Å²) in [6.45, 7) is 8.75. The zero-order valence-electron chi connectivity index (χ0n) is 9.10. The predicted molar refractivity (Wildman–Crippen MR) is 56.3 cm³/mol. The van der Waals surface area contributed by atoms with Crippen molar-refractivity contribution in [2.24, 2.45) is 5.73 Å². The number of hydrogen-bond acceptors (Lipinski definition) is 2. The van der Waals surface area contributed by atoms with Crippen LogP contribution in [-0.2, 0) is 4.79 Å². The molecule has 12 heavy (non-hydrogen) atoms. The molecule has 0 amide bonds. The van der Waals surface area contributed by atoms with Gasteiger partial charge in [0.1, 0.15) is 6.29 Å². The van der Waals surface area contributed by atoms with Crippen molar-refractivity contribution in [2.45, 2.75) is 53.4 Å². The molecule has 0 aliphatic heterocycles. The zero-order chi connectivity index (χ0) is 10.2. The van der Waals surface area contributed by atoms with Crippen molar-refractivity contribution >= 4 is 6.29 Å². The van der Waals surface area contributed by atoms with E-state index >= 15 is 0 Å². The minimum atomic E-state index is 0.694. The lowest BCUT2D eigenvalue weighted by molar-refractivity contribution is -0.107. The summed E-state index contributed by atoms with van der Waals surface area (Å²) in [5.74, 6) is 0. The fraction of sp³-hybridized carbons (Fsp3) is 0.900. The molecule has 2 heteroatoms. The van der Waals surface area contributed by atoms with Gasteiger partial charge in [-0.15, -0.1) is 0 Å². The van der Waals surface area contributed by atoms with Crippen LogP contribution in [0.3, 0.4) is 0 Å². The summed E-state index contributed by atoms with van der Waals surface area (Å²) in [5.41, 5.74) is 5.22. The third-order valence-corrected chi connectivity index (χ3v) is 1.03. The number of hydrogen-bond donors (Lipinski definition) is 1. The summed E-state index contributed by atoms with van der Waals surface area (Å²) in [6, 6.07) is 0. The molecule has 0 saturated carbocycles. The molecular formula is C10H25NO. The summed E-state index contributed by atoms with van der Waals surface area (Å²) in [5, 5.41) is 0. The minimum Gasteiger partial charge on any atom is -0.330 e. The summed E-state index contributed by atoms with van der Waals surface area (Å²) in [7, 11) is 0. The van der Waals surface area contributed by atoms with Gasteiger partial charge >= 0.3 is 0 Å². The lowest BCUT2D eigenvalue weighted by Crippen LogP contribution is -1.97. The molecule has 0 saturated heterocycles. The van der Waals surface area contributed by atoms with Crippen molar-refractivity contribution in [1.82, 2.24) is 0 Å². The molecule has 2 N–H and O–H groups in total. The average Bonchev–Trinajstić information content (AvgIpc) is 2.19. The summed E-state index contributed by atoms with van der Waals surface area (Å²) < 4.78 is 0. The molecule has 0 bridgehead atoms. The Bertz CT molecular complexity index is 55.8. The molecule has 0 aromatic carbocycles. The van der Waals surface area contributed by atoms with Crippen molar-refractivity contribution in [1.29, 1.82) is 0 Å². The summed E-state index contributed by atoms with van der Waals surface area (Å²) >= 11 is 0. The highest BCUT2D eigenvalue weighted by molar-refractivity contribution is 5.48. The van der Waals surface area contributed by atoms with Crippen LogP contribution in [0.25, 0.3) is 0 Å². The second-order valence-corrected chi connectivity index (χ2v) is 1.80. The van der Waals surface area contributed by atoms with E-state index in [1.54, 1.807) is 0 Å². The first kappa shape index (κ1) is 17.6. The van der Waals surface area contributed by atoms with E-state index < -0.39 is 0 Å². The van der Waals surface area contributed by atoms with Crippen LogP contribution in [0.15, 0.2) is 0 Å². The Morgan fingerprint density at radius 1 is 1.00 bits per heavy atom. The van der Waals surface area contributed by atoms with Crippen LogP contribution < -0.4 is 5.73 Å². The van der Waals surface area contributed by atoms with E-state index in [0.717, 1.165) is 32.1 Å². The molecule has 0 aromatic heterocycles. The monoisotopic (exact) mass is 175 g/mol. The summed E-state index contributed by atoms with van der Waals surface area (Å²) in [6.07, 6.45) is 4.79. The lowest BCUT2D eigenvalue weighted by atomic mass is 10.2. The molecule has 0 atom stereocenters. The van der Waals surface area contributed by atoms with Crippen molar-refractivity contribution in [3.05, 3.63) is 0 Å². The van der Waals surface area contributed by atoms with Crippen LogP contribution in [0.5, 0.6) is 0 Å². The van der Waals surface area contributed by atoms with Gasteiger partial charge in [-0.25, -0.2) is 0 Å². The van der Waals surface area contributed by atoms with E-state index in [9.17, 15) is 4.79 Å². The maximum Gasteiger partial charge on any atom is 0.119 e. The van der Waals surface area contributed by atoms with Gasteiger partial charge in [-0.3, -0.25) is 0 Å². The first-order valence-corrected chi connectivity index (χ1v) is 5.05. The topological polar surface area (TPSA) is 43.1 Å². The van der Waals surface area contributed by atoms with Gasteiger partial charge in [0.15, 0.2) is 0 Å². The van der Waals surface area contributed by atoms with Gasteiger partial charge in [-0.05, 0) is 19.4 Å². The quantitative estimate of drug-likeness (QED) is 0.515. The minimum absolute atomic E-state index is 0.694. The van der Waals surface area contributed by atoms with Gasteiger partial charge in [0.2, 0.25) is 0 Å². The standard InChI is InChI=1S/C6H13NO.2C2H6/c7-5-3-1-2-4-6-8;2*1-2/h6H,1-5,7H2;2*1-2H3. The first-order chi connectivity index (χ1) is 5.91. The highest BCUT2D eigenvalue weighted by Gasteiger charge is 1.83. The van der Waals surface area contributed by atoms with Crippen molar-refractivity contribution in [3.8, 4) is 0 Å². The van der Waals surface area contributed by atoms with E-state index in [4.69, 9.17) is 5.73 Å². The van der Waals surface area contributed by atoms with Gasteiger partial charge in [0.25, 0.3) is 0 Å². The molecule has 0 fully saturated rings. The first-order valence-electron chi connectivity index (χ1n) is 5.05. The van der Waals surface area contributed by atoms with Gasteiger partial charge in [0, 0.05) is 6.42 Å². The van der Waals surface area contributed by atoms with E-state index in [1.807, 2.05) is 27.7 Å². The molecule has 0 aliphatic carbocycles. The SMILES string of the molecule is CC.CC.NCCCCCC=O. The third-order valence-electron chi connectivity index (χ3n) is 1.03. The van der Waals surface area contributed by atoms with Crippen LogP contribution >= 0.6 is 0 Å². The highest BCUT2D eigenvalue weighted by Crippen LogP contribution is 1.94. The van der Waals surface area contributed by atoms with Crippen LogP contribution in [-0.4, -0.2) is 12.8 Å². The second kappa shape index (κ2) is 31.1. The van der Waals surface area contributed by atoms with E-state index in [2.05, 4.69) is 0 Å². The van der Waals surface area contributed by atoms with Crippen LogP contribution in [0.1, 0.15) is 53.4 Å². The Labute approximate surface area is 77.5 Å². The smallest absolute Gasteiger partial charge is 0.119 e. The Morgan fingerprint density at radius 2 is 1.50 bits per heavy atom. The Balaban J connectivity index is -0.000000175. The molecule has 0 radical (unpaired) electrons. The maximum atomic E-state index is 9.74. The molecular weight excluding hydrogens is 150 g/mol. The number of carbonyl (C=O) groups excluding carboxylic acids is 1. The highest BCUT2D eigenvalue weighted by atomic mass is 16.1. The Morgan fingerprint density at radius 3 is 1.83 bits per heavy atom. The number of nitrogens with two attached hydrogens (primary N) is 1. The van der Waals surface area contributed by atoms with Crippen LogP contribution in [0.4, 0.5) is 0 Å². The predicted octanol–water partition coefficient (Wildman–Crippen LogP) is 2.76. The fourth-order valence-corrected chi connectivity index (χ4v) is 0.549. The largest absolute Gasteiger partial charge is 0.330 e. The molecule has 0 aliphatic rings. The maximum absolute atomic E-state index is 9.74. The van der Waals surface area contributed by atoms with Crippen molar-refractivity contribution < 1.29 is 4.79 Å². The van der Waals surface area contributed by atoms with Gasteiger partial charge in [0.05, 0.1) is 0 Å². The van der Waals surface area contributed by atoms with E-state index in [-0.39, 0.29) is 0 Å². The van der Waals surface area contributed by atoms with Crippen LogP contribution in [0.2, 0.25) is 0 Å².